The second kappa shape index (κ2) is 6.88. The standard InChI is InChI=1S/C10H13ClN4O/c1-3-5-16-6-4-13-10-8(12-2)9(11)14-7-15-10/h1,7,12H,4-6H2,2H3,(H,13,14,15). The Labute approximate surface area is 99.6 Å². The van der Waals surface area contributed by atoms with Gasteiger partial charge in [0.25, 0.3) is 0 Å². The highest BCUT2D eigenvalue weighted by Crippen LogP contribution is 2.24. The Hall–Kier alpha value is -1.51. The topological polar surface area (TPSA) is 59.1 Å². The Kier molecular flexibility index (Phi) is 5.40. The molecule has 0 atom stereocenters. The predicted molar refractivity (Wildman–Crippen MR) is 64.7 cm³/mol. The number of rotatable bonds is 6. The van der Waals surface area contributed by atoms with E-state index in [2.05, 4.69) is 26.5 Å². The van der Waals surface area contributed by atoms with Crippen LogP contribution in [0.2, 0.25) is 5.15 Å². The van der Waals surface area contributed by atoms with Crippen molar-refractivity contribution in [2.24, 2.45) is 0 Å². The Morgan fingerprint density at radius 2 is 2.38 bits per heavy atom. The van der Waals surface area contributed by atoms with Crippen molar-refractivity contribution in [1.82, 2.24) is 9.97 Å². The molecule has 6 heteroatoms. The van der Waals surface area contributed by atoms with Crippen LogP contribution < -0.4 is 10.6 Å². The van der Waals surface area contributed by atoms with Gasteiger partial charge >= 0.3 is 0 Å². The van der Waals surface area contributed by atoms with Gasteiger partial charge in [-0.05, 0) is 0 Å². The summed E-state index contributed by atoms with van der Waals surface area (Å²) in [5, 5.41) is 6.37. The van der Waals surface area contributed by atoms with Crippen molar-refractivity contribution < 1.29 is 4.74 Å². The molecule has 0 bridgehead atoms. The van der Waals surface area contributed by atoms with Crippen LogP contribution in [0.25, 0.3) is 0 Å². The number of aromatic nitrogens is 2. The van der Waals surface area contributed by atoms with Crippen LogP contribution in [-0.2, 0) is 4.74 Å². The molecule has 16 heavy (non-hydrogen) atoms. The minimum atomic E-state index is 0.311. The van der Waals surface area contributed by atoms with Gasteiger partial charge in [-0.1, -0.05) is 17.5 Å². The van der Waals surface area contributed by atoms with E-state index in [1.807, 2.05) is 0 Å². The molecule has 86 valence electrons. The molecule has 5 nitrogen and oxygen atoms in total. The fraction of sp³-hybridized carbons (Fsp3) is 0.400. The van der Waals surface area contributed by atoms with Crippen LogP contribution in [0.4, 0.5) is 11.5 Å². The average molecular weight is 241 g/mol. The molecule has 2 N–H and O–H groups in total. The first kappa shape index (κ1) is 12.6. The summed E-state index contributed by atoms with van der Waals surface area (Å²) in [6.45, 7) is 1.42. The lowest BCUT2D eigenvalue weighted by atomic mass is 10.4. The van der Waals surface area contributed by atoms with Gasteiger partial charge in [0.2, 0.25) is 0 Å². The molecule has 0 aliphatic rings. The van der Waals surface area contributed by atoms with Crippen molar-refractivity contribution >= 4 is 23.1 Å². The second-order valence-electron chi connectivity index (χ2n) is 2.82. The lowest BCUT2D eigenvalue weighted by molar-refractivity contribution is 0.178. The van der Waals surface area contributed by atoms with E-state index in [4.69, 9.17) is 22.8 Å². The Balaban J connectivity index is 2.47. The third-order valence-corrected chi connectivity index (χ3v) is 2.06. The molecule has 0 aromatic carbocycles. The smallest absolute Gasteiger partial charge is 0.157 e. The fourth-order valence-electron chi connectivity index (χ4n) is 1.09. The van der Waals surface area contributed by atoms with Crippen molar-refractivity contribution in [1.29, 1.82) is 0 Å². The summed E-state index contributed by atoms with van der Waals surface area (Å²) in [5.74, 6) is 3.03. The highest BCUT2D eigenvalue weighted by atomic mass is 35.5. The third-order valence-electron chi connectivity index (χ3n) is 1.78. The molecule has 1 aromatic heterocycles. The summed E-state index contributed by atoms with van der Waals surface area (Å²) in [4.78, 5) is 7.93. The number of nitrogens with zero attached hydrogens (tertiary/aromatic N) is 2. The number of terminal acetylenes is 1. The maximum Gasteiger partial charge on any atom is 0.157 e. The van der Waals surface area contributed by atoms with Gasteiger partial charge in [-0.2, -0.15) is 0 Å². The minimum Gasteiger partial charge on any atom is -0.383 e. The Morgan fingerprint density at radius 1 is 1.56 bits per heavy atom. The minimum absolute atomic E-state index is 0.311. The summed E-state index contributed by atoms with van der Waals surface area (Å²) < 4.78 is 5.11. The normalized spacial score (nSPS) is 9.56. The Bertz CT molecular complexity index is 378. The van der Waals surface area contributed by atoms with Crippen molar-refractivity contribution in [3.05, 3.63) is 11.5 Å². The van der Waals surface area contributed by atoms with E-state index in [1.165, 1.54) is 6.33 Å². The van der Waals surface area contributed by atoms with Crippen molar-refractivity contribution in [2.45, 2.75) is 0 Å². The number of hydrogen-bond donors (Lipinski definition) is 2. The monoisotopic (exact) mass is 240 g/mol. The second-order valence-corrected chi connectivity index (χ2v) is 3.18. The zero-order valence-electron chi connectivity index (χ0n) is 8.96. The molecule has 1 aromatic rings. The largest absolute Gasteiger partial charge is 0.383 e. The van der Waals surface area contributed by atoms with Crippen molar-refractivity contribution in [3.8, 4) is 12.3 Å². The highest BCUT2D eigenvalue weighted by molar-refractivity contribution is 6.32. The molecule has 0 unspecified atom stereocenters. The van der Waals surface area contributed by atoms with Crippen LogP contribution in [-0.4, -0.2) is 36.8 Å². The zero-order valence-corrected chi connectivity index (χ0v) is 9.71. The molecule has 1 rings (SSSR count). The average Bonchev–Trinajstić information content (AvgIpc) is 2.29. The first-order valence-electron chi connectivity index (χ1n) is 4.73. The highest BCUT2D eigenvalue weighted by Gasteiger charge is 2.06. The van der Waals surface area contributed by atoms with E-state index in [-0.39, 0.29) is 0 Å². The number of nitrogens with one attached hydrogen (secondary N) is 2. The molecule has 0 fully saturated rings. The predicted octanol–water partition coefficient (Wildman–Crippen LogP) is 1.23. The lowest BCUT2D eigenvalue weighted by Gasteiger charge is -2.10. The maximum absolute atomic E-state index is 5.88. The molecule has 0 saturated heterocycles. The molecule has 0 amide bonds. The van der Waals surface area contributed by atoms with Crippen LogP contribution in [0.15, 0.2) is 6.33 Å². The van der Waals surface area contributed by atoms with Crippen molar-refractivity contribution in [2.75, 3.05) is 37.4 Å². The van der Waals surface area contributed by atoms with Crippen molar-refractivity contribution in [3.63, 3.8) is 0 Å². The number of anilines is 2. The van der Waals surface area contributed by atoms with Gasteiger partial charge < -0.3 is 15.4 Å². The molecule has 1 heterocycles. The molecule has 0 radical (unpaired) electrons. The van der Waals surface area contributed by atoms with E-state index in [1.54, 1.807) is 7.05 Å². The van der Waals surface area contributed by atoms with Gasteiger partial charge in [0.05, 0.1) is 6.61 Å². The zero-order chi connectivity index (χ0) is 11.8. The van der Waals surface area contributed by atoms with E-state index in [0.717, 1.165) is 0 Å². The van der Waals surface area contributed by atoms with Gasteiger partial charge in [-0.3, -0.25) is 0 Å². The molecule has 0 saturated carbocycles. The van der Waals surface area contributed by atoms with Crippen LogP contribution in [0.5, 0.6) is 0 Å². The summed E-state index contributed by atoms with van der Waals surface area (Å²) in [5.41, 5.74) is 0.668. The third kappa shape index (κ3) is 3.57. The van der Waals surface area contributed by atoms with Gasteiger partial charge in [0, 0.05) is 13.6 Å². The van der Waals surface area contributed by atoms with Crippen LogP contribution in [0.3, 0.4) is 0 Å². The molecular formula is C10H13ClN4O. The van der Waals surface area contributed by atoms with Crippen LogP contribution >= 0.6 is 11.6 Å². The lowest BCUT2D eigenvalue weighted by Crippen LogP contribution is -2.12. The van der Waals surface area contributed by atoms with E-state index in [0.29, 0.717) is 36.4 Å². The summed E-state index contributed by atoms with van der Waals surface area (Å²) in [6.07, 6.45) is 6.44. The summed E-state index contributed by atoms with van der Waals surface area (Å²) in [7, 11) is 1.75. The van der Waals surface area contributed by atoms with Crippen LogP contribution in [0, 0.1) is 12.3 Å². The number of ether oxygens (including phenoxy) is 1. The van der Waals surface area contributed by atoms with Gasteiger partial charge in [0.15, 0.2) is 11.0 Å². The first-order chi connectivity index (χ1) is 7.79. The summed E-state index contributed by atoms with van der Waals surface area (Å²) in [6, 6.07) is 0. The number of hydrogen-bond acceptors (Lipinski definition) is 5. The van der Waals surface area contributed by atoms with Crippen LogP contribution in [0.1, 0.15) is 0 Å². The fourth-order valence-corrected chi connectivity index (χ4v) is 1.32. The first-order valence-corrected chi connectivity index (χ1v) is 5.10. The summed E-state index contributed by atoms with van der Waals surface area (Å²) >= 11 is 5.88. The van der Waals surface area contributed by atoms with E-state index >= 15 is 0 Å². The molecular weight excluding hydrogens is 228 g/mol. The van der Waals surface area contributed by atoms with E-state index in [9.17, 15) is 0 Å². The molecule has 0 spiro atoms. The molecule has 0 aliphatic heterocycles. The maximum atomic E-state index is 5.88. The van der Waals surface area contributed by atoms with Gasteiger partial charge in [-0.25, -0.2) is 9.97 Å². The molecule has 0 aliphatic carbocycles. The Morgan fingerprint density at radius 3 is 3.06 bits per heavy atom. The number of halogens is 1. The van der Waals surface area contributed by atoms with Gasteiger partial charge in [-0.15, -0.1) is 6.42 Å². The SMILES string of the molecule is C#CCOCCNc1ncnc(Cl)c1NC. The van der Waals surface area contributed by atoms with E-state index < -0.39 is 0 Å². The van der Waals surface area contributed by atoms with Gasteiger partial charge in [0.1, 0.15) is 18.6 Å². The quantitative estimate of drug-likeness (QED) is 0.445.